The molecule has 0 saturated carbocycles. The minimum absolute atomic E-state index is 0.0463. The van der Waals surface area contributed by atoms with Crippen LogP contribution in [-0.4, -0.2) is 49.7 Å². The minimum Gasteiger partial charge on any atom is -0.391 e. The molecule has 1 saturated heterocycles. The van der Waals surface area contributed by atoms with Crippen molar-refractivity contribution in [2.24, 2.45) is 5.92 Å². The molecule has 6 heteroatoms. The van der Waals surface area contributed by atoms with Crippen LogP contribution in [0.3, 0.4) is 0 Å². The largest absolute Gasteiger partial charge is 0.391 e. The SMILES string of the molecule is O=C(c1ccn2nccc2c1)N1C[C@@H](Cc2ccncc2)[C@H](O)C1. The highest BCUT2D eigenvalue weighted by Crippen LogP contribution is 2.23. The van der Waals surface area contributed by atoms with Gasteiger partial charge in [-0.2, -0.15) is 5.10 Å². The van der Waals surface area contributed by atoms with Crippen molar-refractivity contribution < 1.29 is 9.90 Å². The van der Waals surface area contributed by atoms with Crippen molar-refractivity contribution >= 4 is 11.4 Å². The first-order valence-corrected chi connectivity index (χ1v) is 8.00. The molecule has 4 rings (SSSR count). The lowest BCUT2D eigenvalue weighted by molar-refractivity contribution is 0.0764. The topological polar surface area (TPSA) is 70.7 Å². The van der Waals surface area contributed by atoms with E-state index in [4.69, 9.17) is 0 Å². The van der Waals surface area contributed by atoms with Gasteiger partial charge in [0, 0.05) is 49.4 Å². The molecular formula is C18H18N4O2. The quantitative estimate of drug-likeness (QED) is 0.791. The standard InChI is InChI=1S/C18H18N4O2/c23-17-12-21(11-15(17)9-13-1-5-19-6-2-13)18(24)14-4-8-22-16(10-14)3-7-20-22/h1-8,10,15,17,23H,9,11-12H2/t15-,17-/m1/s1. The summed E-state index contributed by atoms with van der Waals surface area (Å²) in [6.45, 7) is 0.936. The van der Waals surface area contributed by atoms with Crippen molar-refractivity contribution in [1.82, 2.24) is 19.5 Å². The van der Waals surface area contributed by atoms with Crippen LogP contribution in [0.1, 0.15) is 15.9 Å². The second kappa shape index (κ2) is 6.05. The smallest absolute Gasteiger partial charge is 0.254 e. The van der Waals surface area contributed by atoms with Crippen LogP contribution in [0.15, 0.2) is 55.1 Å². The zero-order valence-corrected chi connectivity index (χ0v) is 13.1. The number of fused-ring (bicyclic) bond motifs is 1. The van der Waals surface area contributed by atoms with Crippen LogP contribution < -0.4 is 0 Å². The first kappa shape index (κ1) is 14.8. The van der Waals surface area contributed by atoms with Crippen LogP contribution in [-0.2, 0) is 6.42 Å². The van der Waals surface area contributed by atoms with Gasteiger partial charge in [0.25, 0.3) is 5.91 Å². The molecule has 3 aromatic heterocycles. The second-order valence-corrected chi connectivity index (χ2v) is 6.21. The highest BCUT2D eigenvalue weighted by atomic mass is 16.3. The Labute approximate surface area is 139 Å². The molecule has 0 aromatic carbocycles. The van der Waals surface area contributed by atoms with E-state index in [9.17, 15) is 9.90 Å². The van der Waals surface area contributed by atoms with Gasteiger partial charge in [0.15, 0.2) is 0 Å². The molecule has 4 heterocycles. The lowest BCUT2D eigenvalue weighted by Crippen LogP contribution is -2.29. The fraction of sp³-hybridized carbons (Fsp3) is 0.278. The highest BCUT2D eigenvalue weighted by Gasteiger charge is 2.34. The van der Waals surface area contributed by atoms with Gasteiger partial charge in [-0.15, -0.1) is 0 Å². The minimum atomic E-state index is -0.499. The summed E-state index contributed by atoms with van der Waals surface area (Å²) in [6.07, 6.45) is 7.23. The summed E-state index contributed by atoms with van der Waals surface area (Å²) in [7, 11) is 0. The number of aliphatic hydroxyl groups is 1. The van der Waals surface area contributed by atoms with Crippen molar-refractivity contribution in [3.8, 4) is 0 Å². The van der Waals surface area contributed by atoms with Gasteiger partial charge < -0.3 is 10.0 Å². The second-order valence-electron chi connectivity index (χ2n) is 6.21. The number of rotatable bonds is 3. The summed E-state index contributed by atoms with van der Waals surface area (Å²) in [5, 5.41) is 14.5. The summed E-state index contributed by atoms with van der Waals surface area (Å²) < 4.78 is 1.72. The molecule has 122 valence electrons. The predicted octanol–water partition coefficient (Wildman–Crippen LogP) is 1.40. The molecular weight excluding hydrogens is 304 g/mol. The zero-order chi connectivity index (χ0) is 16.5. The Morgan fingerprint density at radius 3 is 2.83 bits per heavy atom. The molecule has 3 aromatic rings. The number of carbonyl (C=O) groups excluding carboxylic acids is 1. The number of nitrogens with zero attached hydrogens (tertiary/aromatic N) is 4. The summed E-state index contributed by atoms with van der Waals surface area (Å²) in [6, 6.07) is 9.36. The van der Waals surface area contributed by atoms with Gasteiger partial charge in [-0.3, -0.25) is 9.78 Å². The van der Waals surface area contributed by atoms with Gasteiger partial charge in [-0.05, 0) is 42.3 Å². The van der Waals surface area contributed by atoms with E-state index in [0.717, 1.165) is 17.5 Å². The molecule has 1 amide bonds. The summed E-state index contributed by atoms with van der Waals surface area (Å²) in [5.41, 5.74) is 2.64. The molecule has 2 atom stereocenters. The first-order valence-electron chi connectivity index (χ1n) is 8.00. The van der Waals surface area contributed by atoms with E-state index in [1.165, 1.54) is 0 Å². The third-order valence-corrected chi connectivity index (χ3v) is 4.59. The number of pyridine rings is 2. The van der Waals surface area contributed by atoms with Gasteiger partial charge in [-0.1, -0.05) is 0 Å². The Hall–Kier alpha value is -2.73. The number of hydrogen-bond acceptors (Lipinski definition) is 4. The molecule has 0 spiro atoms. The maximum absolute atomic E-state index is 12.7. The molecule has 6 nitrogen and oxygen atoms in total. The monoisotopic (exact) mass is 322 g/mol. The highest BCUT2D eigenvalue weighted by molar-refractivity contribution is 5.95. The van der Waals surface area contributed by atoms with E-state index >= 15 is 0 Å². The lowest BCUT2D eigenvalue weighted by atomic mass is 9.97. The molecule has 1 aliphatic rings. The predicted molar refractivity (Wildman–Crippen MR) is 88.5 cm³/mol. The fourth-order valence-corrected chi connectivity index (χ4v) is 3.28. The summed E-state index contributed by atoms with van der Waals surface area (Å²) >= 11 is 0. The van der Waals surface area contributed by atoms with Crippen molar-refractivity contribution in [2.75, 3.05) is 13.1 Å². The molecule has 1 fully saturated rings. The molecule has 0 radical (unpaired) electrons. The summed E-state index contributed by atoms with van der Waals surface area (Å²) in [4.78, 5) is 18.5. The van der Waals surface area contributed by atoms with Crippen LogP contribution in [0.5, 0.6) is 0 Å². The Morgan fingerprint density at radius 1 is 1.17 bits per heavy atom. The lowest BCUT2D eigenvalue weighted by Gasteiger charge is -2.16. The van der Waals surface area contributed by atoms with Crippen LogP contribution in [0.2, 0.25) is 0 Å². The normalized spacial score (nSPS) is 20.6. The molecule has 1 N–H and O–H groups in total. The number of likely N-dealkylation sites (tertiary alicyclic amines) is 1. The number of carbonyl (C=O) groups is 1. The van der Waals surface area contributed by atoms with Crippen LogP contribution >= 0.6 is 0 Å². The fourth-order valence-electron chi connectivity index (χ4n) is 3.28. The van der Waals surface area contributed by atoms with Crippen molar-refractivity contribution in [3.63, 3.8) is 0 Å². The number of hydrogen-bond donors (Lipinski definition) is 1. The van der Waals surface area contributed by atoms with Gasteiger partial charge >= 0.3 is 0 Å². The maximum Gasteiger partial charge on any atom is 0.254 e. The van der Waals surface area contributed by atoms with Crippen molar-refractivity contribution in [1.29, 1.82) is 0 Å². The number of amides is 1. The van der Waals surface area contributed by atoms with Gasteiger partial charge in [0.05, 0.1) is 11.6 Å². The third kappa shape index (κ3) is 2.76. The van der Waals surface area contributed by atoms with E-state index in [1.54, 1.807) is 40.3 Å². The number of aromatic nitrogens is 3. The third-order valence-electron chi connectivity index (χ3n) is 4.59. The van der Waals surface area contributed by atoms with Crippen LogP contribution in [0.4, 0.5) is 0 Å². The van der Waals surface area contributed by atoms with Gasteiger partial charge in [-0.25, -0.2) is 4.52 Å². The van der Waals surface area contributed by atoms with Gasteiger partial charge in [0.1, 0.15) is 0 Å². The number of aliphatic hydroxyl groups excluding tert-OH is 1. The van der Waals surface area contributed by atoms with E-state index in [-0.39, 0.29) is 11.8 Å². The molecule has 24 heavy (non-hydrogen) atoms. The van der Waals surface area contributed by atoms with Crippen molar-refractivity contribution in [2.45, 2.75) is 12.5 Å². The van der Waals surface area contributed by atoms with Gasteiger partial charge in [0.2, 0.25) is 0 Å². The van der Waals surface area contributed by atoms with E-state index in [0.29, 0.717) is 18.7 Å². The van der Waals surface area contributed by atoms with E-state index in [1.807, 2.05) is 24.3 Å². The Morgan fingerprint density at radius 2 is 2.00 bits per heavy atom. The average Bonchev–Trinajstić information content (AvgIpc) is 3.21. The Kier molecular flexibility index (Phi) is 3.74. The number of β-amino-alcohol motifs (C(OH)–C–C–N with tert-alkyl or cyclic N) is 1. The van der Waals surface area contributed by atoms with E-state index in [2.05, 4.69) is 10.1 Å². The Bertz CT molecular complexity index is 862. The summed E-state index contributed by atoms with van der Waals surface area (Å²) in [5.74, 6) is 0.00465. The molecule has 0 unspecified atom stereocenters. The molecule has 0 aliphatic carbocycles. The average molecular weight is 322 g/mol. The van der Waals surface area contributed by atoms with Crippen LogP contribution in [0.25, 0.3) is 5.52 Å². The maximum atomic E-state index is 12.7. The molecule has 0 bridgehead atoms. The van der Waals surface area contributed by atoms with Crippen LogP contribution in [0, 0.1) is 5.92 Å². The Balaban J connectivity index is 1.49. The zero-order valence-electron chi connectivity index (χ0n) is 13.1. The first-order chi connectivity index (χ1) is 11.7. The van der Waals surface area contributed by atoms with Crippen molar-refractivity contribution in [3.05, 3.63) is 66.2 Å². The van der Waals surface area contributed by atoms with E-state index < -0.39 is 6.10 Å². The molecule has 1 aliphatic heterocycles.